The predicted molar refractivity (Wildman–Crippen MR) is 87.0 cm³/mol. The Morgan fingerprint density at radius 3 is 3.00 bits per heavy atom. The van der Waals surface area contributed by atoms with Crippen LogP contribution in [-0.4, -0.2) is 31.3 Å². The molecule has 1 fully saturated rings. The number of aromatic nitrogens is 1. The van der Waals surface area contributed by atoms with Crippen molar-refractivity contribution in [3.63, 3.8) is 0 Å². The number of hydrogen-bond acceptors (Lipinski definition) is 4. The van der Waals surface area contributed by atoms with Crippen LogP contribution in [0.4, 0.5) is 0 Å². The largest absolute Gasteiger partial charge is 0.377 e. The lowest BCUT2D eigenvalue weighted by molar-refractivity contribution is 0.108. The number of nitrogens with zero attached hydrogens (tertiary/aromatic N) is 1. The van der Waals surface area contributed by atoms with E-state index in [1.807, 2.05) is 0 Å². The Morgan fingerprint density at radius 2 is 2.23 bits per heavy atom. The van der Waals surface area contributed by atoms with E-state index in [1.54, 1.807) is 7.11 Å². The second-order valence-corrected chi connectivity index (χ2v) is 6.49. The third-order valence-corrected chi connectivity index (χ3v) is 4.86. The molecular formula is C18H28N2O2. The summed E-state index contributed by atoms with van der Waals surface area (Å²) >= 11 is 0. The lowest BCUT2D eigenvalue weighted by Crippen LogP contribution is -2.27. The van der Waals surface area contributed by atoms with Crippen LogP contribution in [0.5, 0.6) is 0 Å². The van der Waals surface area contributed by atoms with E-state index in [4.69, 9.17) is 14.5 Å². The van der Waals surface area contributed by atoms with E-state index in [2.05, 4.69) is 18.3 Å². The van der Waals surface area contributed by atoms with Crippen LogP contribution in [0.3, 0.4) is 0 Å². The maximum absolute atomic E-state index is 5.68. The van der Waals surface area contributed by atoms with Crippen molar-refractivity contribution in [2.75, 3.05) is 20.3 Å². The number of methoxy groups -OCH3 is 1. The zero-order valence-electron chi connectivity index (χ0n) is 13.9. The summed E-state index contributed by atoms with van der Waals surface area (Å²) in [5, 5.41) is 3.55. The molecule has 1 saturated heterocycles. The van der Waals surface area contributed by atoms with Crippen LogP contribution in [-0.2, 0) is 28.9 Å². The molecule has 1 aliphatic carbocycles. The third kappa shape index (κ3) is 3.67. The van der Waals surface area contributed by atoms with Gasteiger partial charge in [-0.05, 0) is 56.6 Å². The summed E-state index contributed by atoms with van der Waals surface area (Å²) in [5.74, 6) is 0. The first-order chi connectivity index (χ1) is 10.8. The summed E-state index contributed by atoms with van der Waals surface area (Å²) < 4.78 is 11.2. The van der Waals surface area contributed by atoms with Crippen LogP contribution in [0.15, 0.2) is 6.07 Å². The highest BCUT2D eigenvalue weighted by atomic mass is 16.5. The summed E-state index contributed by atoms with van der Waals surface area (Å²) in [6.07, 6.45) is 7.63. The van der Waals surface area contributed by atoms with E-state index in [1.165, 1.54) is 48.9 Å². The minimum absolute atomic E-state index is 0.0479. The number of pyridine rings is 1. The average Bonchev–Trinajstić information content (AvgIpc) is 3.07. The molecule has 4 nitrogen and oxygen atoms in total. The maximum atomic E-state index is 5.68. The van der Waals surface area contributed by atoms with Gasteiger partial charge in [-0.2, -0.15) is 0 Å². The highest BCUT2D eigenvalue weighted by molar-refractivity contribution is 5.33. The lowest BCUT2D eigenvalue weighted by Gasteiger charge is -2.22. The Morgan fingerprint density at radius 1 is 1.36 bits per heavy atom. The highest BCUT2D eigenvalue weighted by Gasteiger charge is 2.19. The fourth-order valence-corrected chi connectivity index (χ4v) is 3.48. The normalized spacial score (nSPS) is 22.5. The number of rotatable bonds is 6. The van der Waals surface area contributed by atoms with Crippen molar-refractivity contribution >= 4 is 0 Å². The Bertz CT molecular complexity index is 498. The number of fused-ring (bicyclic) bond motifs is 1. The van der Waals surface area contributed by atoms with Crippen LogP contribution in [0.1, 0.15) is 61.2 Å². The van der Waals surface area contributed by atoms with Gasteiger partial charge < -0.3 is 14.8 Å². The van der Waals surface area contributed by atoms with E-state index in [-0.39, 0.29) is 6.10 Å². The Hall–Kier alpha value is -0.970. The standard InChI is InChI=1S/C18H28N2O2/c1-13(21-2)18-15(11-19-12-16-7-5-9-22-16)10-14-6-3-4-8-17(14)20-18/h10,13,16,19H,3-9,11-12H2,1-2H3/t13?,16-/m1/s1. The SMILES string of the molecule is COC(C)c1nc2c(cc1CNC[C@H]1CCCO1)CCCC2. The molecule has 1 aromatic heterocycles. The van der Waals surface area contributed by atoms with Crippen molar-refractivity contribution in [2.45, 2.75) is 64.2 Å². The summed E-state index contributed by atoms with van der Waals surface area (Å²) in [5.41, 5.74) is 5.11. The third-order valence-electron chi connectivity index (χ3n) is 4.86. The molecule has 0 aromatic carbocycles. The second-order valence-electron chi connectivity index (χ2n) is 6.49. The fourth-order valence-electron chi connectivity index (χ4n) is 3.48. The van der Waals surface area contributed by atoms with Crippen molar-refractivity contribution in [1.82, 2.24) is 10.3 Å². The molecule has 2 aliphatic rings. The van der Waals surface area contributed by atoms with Gasteiger partial charge in [0.05, 0.1) is 17.9 Å². The molecule has 1 aromatic rings. The van der Waals surface area contributed by atoms with Gasteiger partial charge >= 0.3 is 0 Å². The van der Waals surface area contributed by atoms with Gasteiger partial charge in [-0.1, -0.05) is 6.07 Å². The summed E-state index contributed by atoms with van der Waals surface area (Å²) in [7, 11) is 1.76. The van der Waals surface area contributed by atoms with Crippen LogP contribution in [0.2, 0.25) is 0 Å². The van der Waals surface area contributed by atoms with Gasteiger partial charge in [0.15, 0.2) is 0 Å². The lowest BCUT2D eigenvalue weighted by atomic mass is 9.93. The molecule has 0 saturated carbocycles. The van der Waals surface area contributed by atoms with Gasteiger partial charge in [0.2, 0.25) is 0 Å². The van der Waals surface area contributed by atoms with Crippen molar-refractivity contribution in [1.29, 1.82) is 0 Å². The molecule has 0 bridgehead atoms. The van der Waals surface area contributed by atoms with E-state index in [0.717, 1.165) is 31.8 Å². The molecule has 4 heteroatoms. The summed E-state index contributed by atoms with van der Waals surface area (Å²) in [6.45, 7) is 4.78. The van der Waals surface area contributed by atoms with Gasteiger partial charge in [0.25, 0.3) is 0 Å². The number of aryl methyl sites for hydroxylation is 2. The number of nitrogens with one attached hydrogen (secondary N) is 1. The van der Waals surface area contributed by atoms with E-state index < -0.39 is 0 Å². The van der Waals surface area contributed by atoms with Crippen molar-refractivity contribution in [2.24, 2.45) is 0 Å². The van der Waals surface area contributed by atoms with Gasteiger partial charge in [0, 0.05) is 32.5 Å². The van der Waals surface area contributed by atoms with Gasteiger partial charge in [0.1, 0.15) is 0 Å². The number of hydrogen-bond donors (Lipinski definition) is 1. The van der Waals surface area contributed by atoms with Crippen LogP contribution in [0, 0.1) is 0 Å². The molecule has 0 spiro atoms. The highest BCUT2D eigenvalue weighted by Crippen LogP contribution is 2.26. The predicted octanol–water partition coefficient (Wildman–Crippen LogP) is 2.94. The maximum Gasteiger partial charge on any atom is 0.0966 e. The van der Waals surface area contributed by atoms with Crippen LogP contribution in [0.25, 0.3) is 0 Å². The summed E-state index contributed by atoms with van der Waals surface area (Å²) in [4.78, 5) is 4.94. The summed E-state index contributed by atoms with van der Waals surface area (Å²) in [6, 6.07) is 2.36. The molecule has 2 heterocycles. The molecule has 0 radical (unpaired) electrons. The molecule has 1 aliphatic heterocycles. The van der Waals surface area contributed by atoms with Crippen molar-refractivity contribution in [3.8, 4) is 0 Å². The molecule has 1 unspecified atom stereocenters. The zero-order valence-corrected chi connectivity index (χ0v) is 13.9. The van der Waals surface area contributed by atoms with E-state index >= 15 is 0 Å². The number of ether oxygens (including phenoxy) is 2. The van der Waals surface area contributed by atoms with Crippen molar-refractivity contribution in [3.05, 3.63) is 28.6 Å². The van der Waals surface area contributed by atoms with E-state index in [9.17, 15) is 0 Å². The quantitative estimate of drug-likeness (QED) is 0.877. The first-order valence-electron chi connectivity index (χ1n) is 8.64. The minimum Gasteiger partial charge on any atom is -0.377 e. The van der Waals surface area contributed by atoms with Gasteiger partial charge in [-0.3, -0.25) is 4.98 Å². The average molecular weight is 304 g/mol. The molecule has 1 N–H and O–H groups in total. The van der Waals surface area contributed by atoms with Gasteiger partial charge in [-0.25, -0.2) is 0 Å². The second kappa shape index (κ2) is 7.53. The Balaban J connectivity index is 1.71. The molecular weight excluding hydrogens is 276 g/mol. The van der Waals surface area contributed by atoms with E-state index in [0.29, 0.717) is 6.10 Å². The minimum atomic E-state index is 0.0479. The fraction of sp³-hybridized carbons (Fsp3) is 0.722. The van der Waals surface area contributed by atoms with Crippen LogP contribution >= 0.6 is 0 Å². The Kier molecular flexibility index (Phi) is 5.45. The smallest absolute Gasteiger partial charge is 0.0966 e. The zero-order chi connectivity index (χ0) is 15.4. The molecule has 0 amide bonds. The molecule has 122 valence electrons. The first-order valence-corrected chi connectivity index (χ1v) is 8.64. The molecule has 22 heavy (non-hydrogen) atoms. The van der Waals surface area contributed by atoms with Crippen LogP contribution < -0.4 is 5.32 Å². The van der Waals surface area contributed by atoms with Gasteiger partial charge in [-0.15, -0.1) is 0 Å². The Labute approximate surface area is 133 Å². The monoisotopic (exact) mass is 304 g/mol. The van der Waals surface area contributed by atoms with Crippen molar-refractivity contribution < 1.29 is 9.47 Å². The topological polar surface area (TPSA) is 43.4 Å². The molecule has 3 rings (SSSR count). The first kappa shape index (κ1) is 15.9. The molecule has 2 atom stereocenters.